The Hall–Kier alpha value is -2.15. The minimum absolute atomic E-state index is 0.00334. The highest BCUT2D eigenvalue weighted by molar-refractivity contribution is 6.29. The van der Waals surface area contributed by atoms with Crippen molar-refractivity contribution in [3.05, 3.63) is 34.7 Å². The van der Waals surface area contributed by atoms with Crippen LogP contribution in [0, 0.1) is 6.92 Å². The average molecular weight is 349 g/mol. The molecule has 0 saturated carbocycles. The largest absolute Gasteiger partial charge is 0.359 e. The Labute approximate surface area is 145 Å². The fourth-order valence-corrected chi connectivity index (χ4v) is 3.46. The summed E-state index contributed by atoms with van der Waals surface area (Å²) < 4.78 is 0. The lowest BCUT2D eigenvalue weighted by Crippen LogP contribution is -2.35. The summed E-state index contributed by atoms with van der Waals surface area (Å²) >= 11 is 5.83. The molecule has 2 aromatic rings. The van der Waals surface area contributed by atoms with Gasteiger partial charge >= 0.3 is 0 Å². The highest BCUT2D eigenvalue weighted by Gasteiger charge is 2.33. The molecular weight excluding hydrogens is 328 g/mol. The molecule has 1 aliphatic rings. The van der Waals surface area contributed by atoms with Gasteiger partial charge in [-0.15, -0.1) is 10.2 Å². The Morgan fingerprint density at radius 2 is 2.33 bits per heavy atom. The molecule has 2 N–H and O–H groups in total. The molecule has 3 heterocycles. The Balaban J connectivity index is 1.82. The molecule has 2 unspecified atom stereocenters. The molecule has 128 valence electrons. The van der Waals surface area contributed by atoms with Gasteiger partial charge in [-0.2, -0.15) is 5.10 Å². The molecule has 0 bridgehead atoms. The van der Waals surface area contributed by atoms with Gasteiger partial charge < -0.3 is 10.2 Å². The van der Waals surface area contributed by atoms with E-state index in [2.05, 4.69) is 30.6 Å². The highest BCUT2D eigenvalue weighted by atomic mass is 35.5. The average Bonchev–Trinajstić information content (AvgIpc) is 3.21. The first kappa shape index (κ1) is 16.7. The van der Waals surface area contributed by atoms with Crippen molar-refractivity contribution in [1.29, 1.82) is 0 Å². The summed E-state index contributed by atoms with van der Waals surface area (Å²) in [5.74, 6) is 0.540. The van der Waals surface area contributed by atoms with Crippen LogP contribution in [0.3, 0.4) is 0 Å². The number of rotatable bonds is 5. The number of amides is 1. The maximum absolute atomic E-state index is 12.4. The van der Waals surface area contributed by atoms with Crippen molar-refractivity contribution in [2.75, 3.05) is 18.5 Å². The first-order chi connectivity index (χ1) is 11.6. The van der Waals surface area contributed by atoms with Crippen LogP contribution in [0.25, 0.3) is 0 Å². The summed E-state index contributed by atoms with van der Waals surface area (Å²) in [6.45, 7) is 2.87. The third-order valence-electron chi connectivity index (χ3n) is 4.58. The molecule has 2 aromatic heterocycles. The topological polar surface area (TPSA) is 86.8 Å². The predicted octanol–water partition coefficient (Wildman–Crippen LogP) is 2.05. The normalized spacial score (nSPS) is 18.6. The van der Waals surface area contributed by atoms with Gasteiger partial charge in [0.1, 0.15) is 0 Å². The Bertz CT molecular complexity index is 701. The second-order valence-electron chi connectivity index (χ2n) is 6.07. The smallest absolute Gasteiger partial charge is 0.228 e. The molecule has 1 aliphatic heterocycles. The van der Waals surface area contributed by atoms with E-state index in [0.29, 0.717) is 11.6 Å². The lowest BCUT2D eigenvalue weighted by Gasteiger charge is -2.28. The number of hydrogen-bond donors (Lipinski definition) is 2. The highest BCUT2D eigenvalue weighted by Crippen LogP contribution is 2.32. The van der Waals surface area contributed by atoms with Crippen molar-refractivity contribution < 1.29 is 4.79 Å². The van der Waals surface area contributed by atoms with Crippen LogP contribution in [0.5, 0.6) is 0 Å². The maximum Gasteiger partial charge on any atom is 0.228 e. The molecule has 0 radical (unpaired) electrons. The van der Waals surface area contributed by atoms with Gasteiger partial charge in [-0.1, -0.05) is 11.6 Å². The van der Waals surface area contributed by atoms with E-state index in [-0.39, 0.29) is 17.9 Å². The number of likely N-dealkylation sites (N-methyl/N-ethyl adjacent to an activating group) is 1. The lowest BCUT2D eigenvalue weighted by molar-refractivity contribution is -0.122. The van der Waals surface area contributed by atoms with Crippen molar-refractivity contribution in [2.24, 2.45) is 0 Å². The minimum Gasteiger partial charge on any atom is -0.359 e. The number of halogens is 1. The Morgan fingerprint density at radius 1 is 1.50 bits per heavy atom. The third kappa shape index (κ3) is 3.36. The maximum atomic E-state index is 12.4. The molecule has 1 saturated heterocycles. The van der Waals surface area contributed by atoms with Crippen molar-refractivity contribution >= 4 is 23.3 Å². The van der Waals surface area contributed by atoms with E-state index in [1.54, 1.807) is 19.3 Å². The van der Waals surface area contributed by atoms with Crippen LogP contribution >= 0.6 is 11.6 Å². The van der Waals surface area contributed by atoms with Crippen molar-refractivity contribution in [2.45, 2.75) is 38.1 Å². The van der Waals surface area contributed by atoms with E-state index in [0.717, 1.165) is 36.5 Å². The summed E-state index contributed by atoms with van der Waals surface area (Å²) in [7, 11) is 1.66. The standard InChI is InChI=1S/C16H21ClN6O/c1-10-9-19-22-15(10)12(16(24)18-2)8-11-4-3-7-23(11)14-6-5-13(17)20-21-14/h5-6,9,11-12H,3-4,7-8H2,1-2H3,(H,18,24)(H,19,22). The zero-order valence-electron chi connectivity index (χ0n) is 13.8. The second-order valence-corrected chi connectivity index (χ2v) is 6.46. The minimum atomic E-state index is -0.261. The van der Waals surface area contributed by atoms with E-state index in [9.17, 15) is 4.79 Å². The van der Waals surface area contributed by atoms with E-state index in [4.69, 9.17) is 11.6 Å². The van der Waals surface area contributed by atoms with E-state index >= 15 is 0 Å². The number of H-pyrrole nitrogens is 1. The van der Waals surface area contributed by atoms with Crippen LogP contribution in [0.2, 0.25) is 5.15 Å². The number of aryl methyl sites for hydroxylation is 1. The van der Waals surface area contributed by atoms with Gasteiger partial charge in [0.25, 0.3) is 0 Å². The number of carbonyl (C=O) groups is 1. The van der Waals surface area contributed by atoms with E-state index in [1.165, 1.54) is 0 Å². The number of carbonyl (C=O) groups excluding carboxylic acids is 1. The number of anilines is 1. The molecule has 1 amide bonds. The molecular formula is C16H21ClN6O. The van der Waals surface area contributed by atoms with Gasteiger partial charge in [0.15, 0.2) is 11.0 Å². The zero-order valence-corrected chi connectivity index (χ0v) is 14.5. The van der Waals surface area contributed by atoms with Crippen LogP contribution in [0.1, 0.15) is 36.4 Å². The molecule has 2 atom stereocenters. The molecule has 3 rings (SSSR count). The van der Waals surface area contributed by atoms with E-state index < -0.39 is 0 Å². The van der Waals surface area contributed by atoms with Gasteiger partial charge in [-0.25, -0.2) is 0 Å². The lowest BCUT2D eigenvalue weighted by atomic mass is 9.92. The van der Waals surface area contributed by atoms with Crippen LogP contribution in [-0.2, 0) is 4.79 Å². The van der Waals surface area contributed by atoms with Crippen LogP contribution in [0.4, 0.5) is 5.82 Å². The monoisotopic (exact) mass is 348 g/mol. The fraction of sp³-hybridized carbons (Fsp3) is 0.500. The summed E-state index contributed by atoms with van der Waals surface area (Å²) in [5, 5.41) is 18.3. The predicted molar refractivity (Wildman–Crippen MR) is 92.2 cm³/mol. The molecule has 7 nitrogen and oxygen atoms in total. The zero-order chi connectivity index (χ0) is 17.1. The van der Waals surface area contributed by atoms with Crippen molar-refractivity contribution in [3.63, 3.8) is 0 Å². The molecule has 24 heavy (non-hydrogen) atoms. The molecule has 0 aromatic carbocycles. The number of hydrogen-bond acceptors (Lipinski definition) is 5. The quantitative estimate of drug-likeness (QED) is 0.863. The van der Waals surface area contributed by atoms with Gasteiger partial charge in [-0.3, -0.25) is 9.89 Å². The third-order valence-corrected chi connectivity index (χ3v) is 4.78. The second kappa shape index (κ2) is 7.17. The van der Waals surface area contributed by atoms with E-state index in [1.807, 2.05) is 13.0 Å². The number of aromatic nitrogens is 4. The summed E-state index contributed by atoms with van der Waals surface area (Å²) in [5.41, 5.74) is 1.88. The molecule has 0 aliphatic carbocycles. The fourth-order valence-electron chi connectivity index (χ4n) is 3.36. The number of aromatic amines is 1. The first-order valence-electron chi connectivity index (χ1n) is 8.07. The van der Waals surface area contributed by atoms with Gasteiger partial charge in [0.05, 0.1) is 17.8 Å². The van der Waals surface area contributed by atoms with Crippen LogP contribution in [0.15, 0.2) is 18.3 Å². The summed E-state index contributed by atoms with van der Waals surface area (Å²) in [4.78, 5) is 14.6. The van der Waals surface area contributed by atoms with Crippen LogP contribution in [-0.4, -0.2) is 45.9 Å². The van der Waals surface area contributed by atoms with Gasteiger partial charge in [0, 0.05) is 19.6 Å². The SMILES string of the molecule is CNC(=O)C(CC1CCCN1c1ccc(Cl)nn1)c1[nH]ncc1C. The Kier molecular flexibility index (Phi) is 4.99. The molecule has 0 spiro atoms. The van der Waals surface area contributed by atoms with Crippen molar-refractivity contribution in [3.8, 4) is 0 Å². The van der Waals surface area contributed by atoms with Crippen LogP contribution < -0.4 is 10.2 Å². The van der Waals surface area contributed by atoms with Gasteiger partial charge in [0.2, 0.25) is 5.91 Å². The first-order valence-corrected chi connectivity index (χ1v) is 8.45. The van der Waals surface area contributed by atoms with Gasteiger partial charge in [-0.05, 0) is 43.9 Å². The Morgan fingerprint density at radius 3 is 2.96 bits per heavy atom. The summed E-state index contributed by atoms with van der Waals surface area (Å²) in [6, 6.07) is 3.85. The number of nitrogens with zero attached hydrogens (tertiary/aromatic N) is 4. The number of nitrogens with one attached hydrogen (secondary N) is 2. The molecule has 8 heteroatoms. The van der Waals surface area contributed by atoms with Crippen molar-refractivity contribution in [1.82, 2.24) is 25.7 Å². The summed E-state index contributed by atoms with van der Waals surface area (Å²) in [6.07, 6.45) is 4.54. The molecule has 1 fully saturated rings.